The molecule has 107 heavy (non-hydrogen) atoms. The molecule has 3 aromatic carbocycles. The Bertz CT molecular complexity index is 4120. The quantitative estimate of drug-likeness (QED) is 0.0101. The lowest BCUT2D eigenvalue weighted by Gasteiger charge is -2.69. The smallest absolute Gasteiger partial charge is 0.408 e. The van der Waals surface area contributed by atoms with Crippen LogP contribution in [0.5, 0.6) is 0 Å². The number of nitrogens with zero attached hydrogens (tertiary/aromatic N) is 8. The van der Waals surface area contributed by atoms with Crippen LogP contribution >= 0.6 is 11.3 Å². The summed E-state index contributed by atoms with van der Waals surface area (Å²) in [7, 11) is 8.20. The van der Waals surface area contributed by atoms with E-state index in [1.165, 1.54) is 28.4 Å². The molecular weight excluding hydrogens is 1380 g/mol. The number of amides is 7. The lowest BCUT2D eigenvalue weighted by molar-refractivity contribution is -0.870. The van der Waals surface area contributed by atoms with Crippen molar-refractivity contribution in [2.45, 2.75) is 181 Å². The second kappa shape index (κ2) is 34.6. The number of urea groups is 1. The molecule has 25 nitrogen and oxygen atoms in total. The Labute approximate surface area is 633 Å². The summed E-state index contributed by atoms with van der Waals surface area (Å²) in [5.74, 6) is -1.18. The number of benzene rings is 3. The van der Waals surface area contributed by atoms with Gasteiger partial charge in [-0.25, -0.2) is 24.4 Å². The van der Waals surface area contributed by atoms with Crippen LogP contribution in [0.1, 0.15) is 167 Å². The molecule has 7 amide bonds. The normalized spacial score (nSPS) is 21.0. The Balaban J connectivity index is 0.670. The summed E-state index contributed by atoms with van der Waals surface area (Å²) in [6.45, 7) is 17.5. The van der Waals surface area contributed by atoms with E-state index in [0.29, 0.717) is 98.8 Å². The lowest BCUT2D eigenvalue weighted by Crippen LogP contribution is -2.64. The maximum absolute atomic E-state index is 14.5. The number of likely N-dealkylation sites (N-methyl/N-ethyl adjacent to an activating group) is 1. The molecule has 4 saturated carbocycles. The Morgan fingerprint density at radius 2 is 1.54 bits per heavy atom. The molecule has 0 radical (unpaired) electrons. The third-order valence-electron chi connectivity index (χ3n) is 22.3. The van der Waals surface area contributed by atoms with E-state index in [1.54, 1.807) is 18.1 Å². The average molecular weight is 1490 g/mol. The number of anilines is 3. The average Bonchev–Trinajstić information content (AvgIpc) is 0.870. The van der Waals surface area contributed by atoms with E-state index in [-0.39, 0.29) is 64.3 Å². The molecule has 3 aromatic heterocycles. The molecule has 2 aliphatic heterocycles. The summed E-state index contributed by atoms with van der Waals surface area (Å²) in [5.41, 5.74) is 11.8. The van der Waals surface area contributed by atoms with Crippen LogP contribution in [0.4, 0.5) is 26.2 Å². The molecule has 4 fully saturated rings. The van der Waals surface area contributed by atoms with Crippen LogP contribution in [-0.2, 0) is 50.0 Å². The summed E-state index contributed by atoms with van der Waals surface area (Å²) < 4.78 is 16.8. The molecule has 6 aromatic rings. The molecule has 12 rings (SSSR count). The number of primary amides is 1. The zero-order chi connectivity index (χ0) is 76.3. The van der Waals surface area contributed by atoms with Gasteiger partial charge in [0.15, 0.2) is 10.8 Å². The number of unbranched alkanes of at least 4 members (excludes halogenated alkanes) is 4. The topological polar surface area (TPSA) is 310 Å². The number of para-hydroxylation sites is 1. The summed E-state index contributed by atoms with van der Waals surface area (Å²) >= 11 is 1.42. The fourth-order valence-electron chi connectivity index (χ4n) is 18.0. The van der Waals surface area contributed by atoms with Gasteiger partial charge in [0.25, 0.3) is 17.7 Å². The third-order valence-corrected chi connectivity index (χ3v) is 23.2. The monoisotopic (exact) mass is 1490 g/mol. The van der Waals surface area contributed by atoms with Gasteiger partial charge in [0, 0.05) is 112 Å². The predicted octanol–water partition coefficient (Wildman–Crippen LogP) is 11.1. The number of aromatic carboxylic acids is 1. The fraction of sp³-hybridized carbons (Fsp3) is 0.556. The number of carbonyl (C=O) groups is 7. The van der Waals surface area contributed by atoms with Gasteiger partial charge in [-0.15, -0.1) is 0 Å². The van der Waals surface area contributed by atoms with Crippen molar-refractivity contribution in [2.75, 3.05) is 103 Å². The number of rotatable bonds is 39. The first-order chi connectivity index (χ1) is 51.0. The van der Waals surface area contributed by atoms with Crippen molar-refractivity contribution in [1.82, 2.24) is 50.8 Å². The first-order valence-corrected chi connectivity index (χ1v) is 39.2. The van der Waals surface area contributed by atoms with Crippen molar-refractivity contribution in [2.24, 2.45) is 27.9 Å². The number of hydrogen-bond donors (Lipinski definition) is 8. The first-order valence-electron chi connectivity index (χ1n) is 38.3. The summed E-state index contributed by atoms with van der Waals surface area (Å²) in [6, 6.07) is 23.9. The van der Waals surface area contributed by atoms with E-state index in [9.17, 15) is 38.7 Å². The molecule has 5 atom stereocenters. The maximum atomic E-state index is 14.5. The van der Waals surface area contributed by atoms with E-state index in [2.05, 4.69) is 90.4 Å². The van der Waals surface area contributed by atoms with Crippen LogP contribution in [0.2, 0.25) is 0 Å². The number of pyridine rings is 1. The number of nitrogens with one attached hydrogen (secondary N) is 6. The molecule has 0 spiro atoms. The Morgan fingerprint density at radius 1 is 0.794 bits per heavy atom. The molecule has 4 aliphatic carbocycles. The van der Waals surface area contributed by atoms with E-state index in [0.717, 1.165) is 152 Å². The summed E-state index contributed by atoms with van der Waals surface area (Å²) in [6.07, 6.45) is 17.4. The number of ether oxygens (including phenoxy) is 2. The number of fused-ring (bicyclic) bond motifs is 2. The second-order valence-electron chi connectivity index (χ2n) is 33.0. The molecule has 9 N–H and O–H groups in total. The van der Waals surface area contributed by atoms with Crippen LogP contribution in [0.3, 0.4) is 0 Å². The van der Waals surface area contributed by atoms with E-state index >= 15 is 0 Å². The zero-order valence-corrected chi connectivity index (χ0v) is 64.8. The van der Waals surface area contributed by atoms with E-state index in [1.807, 2.05) is 90.7 Å². The number of aromatic nitrogens is 4. The van der Waals surface area contributed by atoms with Crippen molar-refractivity contribution in [3.05, 3.63) is 131 Å². The maximum Gasteiger partial charge on any atom is 0.408 e. The molecule has 0 saturated heterocycles. The zero-order valence-electron chi connectivity index (χ0n) is 64.0. The Kier molecular flexibility index (Phi) is 25.6. The van der Waals surface area contributed by atoms with Crippen molar-refractivity contribution < 1.29 is 52.6 Å². The van der Waals surface area contributed by atoms with Crippen molar-refractivity contribution in [3.63, 3.8) is 0 Å². The van der Waals surface area contributed by atoms with E-state index < -0.39 is 29.7 Å². The minimum atomic E-state index is -1.14. The molecule has 4 bridgehead atoms. The van der Waals surface area contributed by atoms with Gasteiger partial charge in [0.05, 0.1) is 56.3 Å². The molecule has 5 heterocycles. The highest BCUT2D eigenvalue weighted by atomic mass is 32.1. The van der Waals surface area contributed by atoms with Gasteiger partial charge in [-0.3, -0.25) is 34.1 Å². The minimum Gasteiger partial charge on any atom is -0.476 e. The standard InChI is InChI=1S/C81H111N15O10S/c1-54(2)66(83-35-15-10-11-16-37-94-69(97)32-33-70(94)98)44-86-59(21-19-36-84-75(82)103)42-85-58-28-26-56(27-29-58)46-105-77(104)89-65(24-14-17-40-96(7,8)9)73(100)92(6)39-41-106-81-50-78(4)47-79(5,51-81)49-80(48-78,52-81)53-95-55(3)62(43-87-95)60-30-31-68(90-71(60)74(101)102)93-38-34-57-20-18-22-61(63(57)45-93)72(99)91-76-88-64-23-12-13-25-67(64)107-76/h12-13,18,20,22-23,25-33,43,54,59,65-66,83,85-86H,10-11,14-17,19,21,24,34-42,44-53H2,1-9H3,(H5-,82,84,88,89,91,99,101,102,103,104)/p+1/t59-,65-,66+,78?,79?,80?,81?/m0/s1. The largest absolute Gasteiger partial charge is 0.476 e. The van der Waals surface area contributed by atoms with Gasteiger partial charge in [0.1, 0.15) is 18.5 Å². The molecular formula is C81H112N15O10S+. The van der Waals surface area contributed by atoms with Crippen LogP contribution < -0.4 is 42.5 Å². The van der Waals surface area contributed by atoms with Gasteiger partial charge in [0.2, 0.25) is 5.91 Å². The highest BCUT2D eigenvalue weighted by molar-refractivity contribution is 7.22. The number of alkyl carbamates (subject to hydrolysis) is 1. The van der Waals surface area contributed by atoms with Crippen molar-refractivity contribution >= 4 is 79.9 Å². The first kappa shape index (κ1) is 79.2. The fourth-order valence-corrected chi connectivity index (χ4v) is 18.9. The number of hydrogen-bond acceptors (Lipinski definition) is 17. The minimum absolute atomic E-state index is 0.00648. The number of carbonyl (C=O) groups excluding carboxylic acids is 6. The van der Waals surface area contributed by atoms with Gasteiger partial charge < -0.3 is 61.2 Å². The number of carboxylic acids is 1. The second-order valence-corrected chi connectivity index (χ2v) is 34.0. The van der Waals surface area contributed by atoms with Gasteiger partial charge in [-0.2, -0.15) is 5.10 Å². The number of thiazole rings is 1. The van der Waals surface area contributed by atoms with Gasteiger partial charge >= 0.3 is 18.1 Å². The molecule has 6 aliphatic rings. The number of imide groups is 1. The number of nitrogens with two attached hydrogens (primary N) is 1. The van der Waals surface area contributed by atoms with Crippen molar-refractivity contribution in [1.29, 1.82) is 0 Å². The highest BCUT2D eigenvalue weighted by Crippen LogP contribution is 2.72. The van der Waals surface area contributed by atoms with Crippen molar-refractivity contribution in [3.8, 4) is 11.1 Å². The Morgan fingerprint density at radius 3 is 2.26 bits per heavy atom. The number of carboxylic acid groups (broad SMARTS) is 1. The third kappa shape index (κ3) is 20.7. The molecule has 2 unspecified atom stereocenters. The SMILES string of the molecule is Cc1c(-c2ccc(N3CCc4cccc(C(=O)Nc5nc6ccccc6s5)c4C3)nc2C(=O)O)cnn1CC12CC3(C)CC(C)(C1)CC(OCCN(C)C(=O)[C@H](CCCC[N+](C)(C)C)NC(=O)OCc1ccc(NC[C@H](CCCNC(N)=O)NC[C@@H](NCCCCCCN4C(=O)C=CC4=O)C(C)C)cc1)(C3)C2. The Hall–Kier alpha value is -8.82. The van der Waals surface area contributed by atoms with Crippen LogP contribution in [0.15, 0.2) is 97.2 Å². The van der Waals surface area contributed by atoms with Crippen LogP contribution in [0.25, 0.3) is 21.3 Å². The van der Waals surface area contributed by atoms with Crippen LogP contribution in [0, 0.1) is 29.1 Å². The van der Waals surface area contributed by atoms with Gasteiger partial charge in [-0.05, 0) is 185 Å². The molecule has 576 valence electrons. The van der Waals surface area contributed by atoms with Gasteiger partial charge in [-0.1, -0.05) is 88.3 Å². The summed E-state index contributed by atoms with van der Waals surface area (Å²) in [5, 5.41) is 36.0. The predicted molar refractivity (Wildman–Crippen MR) is 417 cm³/mol. The lowest BCUT2D eigenvalue weighted by atomic mass is 9.39. The highest BCUT2D eigenvalue weighted by Gasteiger charge is 2.66. The summed E-state index contributed by atoms with van der Waals surface area (Å²) in [4.78, 5) is 105. The van der Waals surface area contributed by atoms with Crippen LogP contribution in [-0.4, -0.2) is 192 Å². The molecule has 26 heteroatoms. The number of quaternary nitrogens is 1. The van der Waals surface area contributed by atoms with E-state index in [4.69, 9.17) is 25.3 Å².